The highest BCUT2D eigenvalue weighted by molar-refractivity contribution is 6.43. The number of pyridine rings is 2. The van der Waals surface area contributed by atoms with E-state index in [1.165, 1.54) is 0 Å². The molecule has 12 heteroatoms. The van der Waals surface area contributed by atoms with Gasteiger partial charge in [0, 0.05) is 60.7 Å². The van der Waals surface area contributed by atoms with Gasteiger partial charge < -0.3 is 19.5 Å². The van der Waals surface area contributed by atoms with Crippen LogP contribution >= 0.6 is 23.2 Å². The van der Waals surface area contributed by atoms with E-state index in [2.05, 4.69) is 27.9 Å². The molecule has 254 valence electrons. The zero-order valence-corrected chi connectivity index (χ0v) is 29.0. The first-order chi connectivity index (χ1) is 23.7. The van der Waals surface area contributed by atoms with Gasteiger partial charge >= 0.3 is 0 Å². The third kappa shape index (κ3) is 5.20. The monoisotopic (exact) mass is 702 g/mol. The lowest BCUT2D eigenvalue weighted by atomic mass is 9.79. The van der Waals surface area contributed by atoms with Gasteiger partial charge in [-0.1, -0.05) is 35.3 Å². The van der Waals surface area contributed by atoms with Crippen LogP contribution in [-0.2, 0) is 11.2 Å². The molecule has 0 radical (unpaired) electrons. The maximum Gasteiger partial charge on any atom is 0.228 e. The Bertz CT molecular complexity index is 2120. The zero-order chi connectivity index (χ0) is 34.1. The van der Waals surface area contributed by atoms with Crippen molar-refractivity contribution >= 4 is 56.6 Å². The predicted octanol–water partition coefficient (Wildman–Crippen LogP) is 6.64. The summed E-state index contributed by atoms with van der Waals surface area (Å²) in [5.74, 6) is -0.361. The number of hydrogen-bond donors (Lipinski definition) is 1. The van der Waals surface area contributed by atoms with E-state index in [4.69, 9.17) is 32.9 Å². The zero-order valence-electron chi connectivity index (χ0n) is 27.4. The van der Waals surface area contributed by atoms with Gasteiger partial charge in [0.15, 0.2) is 5.82 Å². The number of amides is 1. The molecule has 5 aliphatic rings. The molecule has 1 aliphatic carbocycles. The molecule has 2 aromatic carbocycles. The van der Waals surface area contributed by atoms with E-state index in [0.29, 0.717) is 53.0 Å². The van der Waals surface area contributed by atoms with Crippen molar-refractivity contribution in [2.24, 2.45) is 5.92 Å². The largest absolute Gasteiger partial charge is 0.472 e. The number of carbonyl (C=O) groups is 1. The number of aryl methyl sites for hydroxylation is 1. The van der Waals surface area contributed by atoms with Gasteiger partial charge in [0.2, 0.25) is 17.2 Å². The van der Waals surface area contributed by atoms with Gasteiger partial charge in [-0.15, -0.1) is 0 Å². The Morgan fingerprint density at radius 1 is 1.22 bits per heavy atom. The summed E-state index contributed by atoms with van der Waals surface area (Å²) in [4.78, 5) is 36.5. The van der Waals surface area contributed by atoms with Gasteiger partial charge in [0.1, 0.15) is 22.7 Å². The molecular formula is C37H37Cl2FN6O3. The minimum Gasteiger partial charge on any atom is -0.472 e. The third-order valence-electron chi connectivity index (χ3n) is 11.1. The fourth-order valence-electron chi connectivity index (χ4n) is 8.68. The summed E-state index contributed by atoms with van der Waals surface area (Å²) in [5, 5.41) is 14.3. The van der Waals surface area contributed by atoms with Crippen LogP contribution in [0.2, 0.25) is 10.0 Å². The Balaban J connectivity index is 1.47. The fourth-order valence-corrected chi connectivity index (χ4v) is 9.07. The number of aromatic nitrogens is 2. The maximum atomic E-state index is 17.4. The van der Waals surface area contributed by atoms with Crippen LogP contribution in [0.25, 0.3) is 32.9 Å². The fraction of sp³-hybridized carbons (Fsp3) is 0.459. The summed E-state index contributed by atoms with van der Waals surface area (Å²) >= 11 is 13.1. The van der Waals surface area contributed by atoms with Crippen LogP contribution in [0.1, 0.15) is 57.1 Å². The smallest absolute Gasteiger partial charge is 0.228 e. The molecule has 4 aliphatic heterocycles. The highest BCUT2D eigenvalue weighted by Crippen LogP contribution is 2.48. The summed E-state index contributed by atoms with van der Waals surface area (Å²) in [6.07, 6.45) is 5.81. The van der Waals surface area contributed by atoms with Crippen LogP contribution < -0.4 is 20.4 Å². The second-order valence-corrected chi connectivity index (χ2v) is 14.7. The van der Waals surface area contributed by atoms with Crippen molar-refractivity contribution in [3.05, 3.63) is 62.1 Å². The number of likely N-dealkylation sites (N-methyl/N-ethyl adjacent to an activating group) is 1. The molecule has 2 bridgehead atoms. The van der Waals surface area contributed by atoms with Crippen LogP contribution in [0, 0.1) is 23.1 Å². The SMILES string of the molecule is C[C@H](Oc1nc2c(F)c(-c3cccc(Cl)c3Cl)c(CCC#N)cc2c2c1c(=O)c(N1CCCC1=O)cn2[C@H]1[C@H]2CN[C@@H]1C2)[C@@H]1CCCN1C. The van der Waals surface area contributed by atoms with Crippen molar-refractivity contribution in [2.75, 3.05) is 31.6 Å². The minimum absolute atomic E-state index is 0.0101. The van der Waals surface area contributed by atoms with Crippen LogP contribution in [0.4, 0.5) is 10.1 Å². The summed E-state index contributed by atoms with van der Waals surface area (Å²) in [5.41, 5.74) is 1.67. The quantitative estimate of drug-likeness (QED) is 0.205. The minimum atomic E-state index is -0.625. The van der Waals surface area contributed by atoms with Gasteiger partial charge in [-0.05, 0) is 76.2 Å². The van der Waals surface area contributed by atoms with Crippen LogP contribution in [0.15, 0.2) is 35.3 Å². The van der Waals surface area contributed by atoms with Gasteiger partial charge in [0.05, 0.1) is 27.7 Å². The number of benzene rings is 2. The molecule has 49 heavy (non-hydrogen) atoms. The topological polar surface area (TPSA) is 103 Å². The van der Waals surface area contributed by atoms with Gasteiger partial charge in [-0.2, -0.15) is 5.26 Å². The number of carbonyl (C=O) groups excluding carboxylic acids is 1. The molecule has 9 rings (SSSR count). The molecule has 1 N–H and O–H groups in total. The Morgan fingerprint density at radius 3 is 2.73 bits per heavy atom. The van der Waals surface area contributed by atoms with Crippen LogP contribution in [-0.4, -0.2) is 65.2 Å². The summed E-state index contributed by atoms with van der Waals surface area (Å²) in [6.45, 7) is 4.18. The Labute approximate surface area is 293 Å². The van der Waals surface area contributed by atoms with E-state index in [-0.39, 0.29) is 80.8 Å². The Morgan fingerprint density at radius 2 is 2.06 bits per heavy atom. The number of hydrogen-bond acceptors (Lipinski definition) is 7. The lowest BCUT2D eigenvalue weighted by molar-refractivity contribution is -0.117. The standard InChI is InChI=1S/C37H37Cl2FN6O3/c1-19(26-10-5-13-44(26)2)49-37-30-35(46(34-21-16-25(34)42-17-21)18-27(36(30)48)45-14-6-11-28(45)47)23-15-20(7-4-12-41)29(32(40)33(23)43-37)22-8-3-9-24(38)31(22)39/h3,8-9,15,18-19,21,25-26,34,42H,4-7,10-11,13-14,16-17H2,1-2H3/t19-,21+,25+,26-,34-/m0/s1. The first-order valence-electron chi connectivity index (χ1n) is 17.1. The predicted molar refractivity (Wildman–Crippen MR) is 189 cm³/mol. The molecule has 1 amide bonds. The lowest BCUT2D eigenvalue weighted by Gasteiger charge is -2.38. The first-order valence-corrected chi connectivity index (χ1v) is 17.9. The molecule has 2 aromatic heterocycles. The van der Waals surface area contributed by atoms with E-state index in [0.717, 1.165) is 32.4 Å². The van der Waals surface area contributed by atoms with Gasteiger partial charge in [-0.25, -0.2) is 9.37 Å². The average molecular weight is 704 g/mol. The molecule has 9 nitrogen and oxygen atoms in total. The molecule has 5 atom stereocenters. The lowest BCUT2D eigenvalue weighted by Crippen LogP contribution is -2.40. The highest BCUT2D eigenvalue weighted by Gasteiger charge is 2.48. The summed E-state index contributed by atoms with van der Waals surface area (Å²) in [6, 6.07) is 9.34. The molecule has 5 fully saturated rings. The van der Waals surface area contributed by atoms with Crippen molar-refractivity contribution in [1.82, 2.24) is 19.8 Å². The molecule has 4 saturated heterocycles. The van der Waals surface area contributed by atoms with Gasteiger partial charge in [-0.3, -0.25) is 14.5 Å². The Hall–Kier alpha value is -3.75. The number of ether oxygens (including phenoxy) is 1. The summed E-state index contributed by atoms with van der Waals surface area (Å²) < 4.78 is 26.1. The van der Waals surface area contributed by atoms with Crippen molar-refractivity contribution in [1.29, 1.82) is 5.26 Å². The number of halogens is 3. The van der Waals surface area contributed by atoms with E-state index >= 15 is 4.39 Å². The second kappa shape index (κ2) is 12.5. The van der Waals surface area contributed by atoms with Crippen molar-refractivity contribution < 1.29 is 13.9 Å². The number of nitriles is 1. The Kier molecular flexibility index (Phi) is 8.30. The molecular weight excluding hydrogens is 666 g/mol. The van der Waals surface area contributed by atoms with E-state index < -0.39 is 5.82 Å². The number of nitrogens with zero attached hydrogens (tertiary/aromatic N) is 5. The normalized spacial score (nSPS) is 24.2. The highest BCUT2D eigenvalue weighted by atomic mass is 35.5. The molecule has 0 unspecified atom stereocenters. The van der Waals surface area contributed by atoms with Gasteiger partial charge in [0.25, 0.3) is 0 Å². The number of fused-ring (bicyclic) bond motifs is 4. The van der Waals surface area contributed by atoms with Crippen molar-refractivity contribution in [2.45, 2.75) is 76.1 Å². The van der Waals surface area contributed by atoms with E-state index in [1.54, 1.807) is 29.3 Å². The number of rotatable bonds is 8. The first kappa shape index (κ1) is 32.5. The number of anilines is 1. The van der Waals surface area contributed by atoms with Crippen molar-refractivity contribution in [3.8, 4) is 23.1 Å². The van der Waals surface area contributed by atoms with E-state index in [1.807, 2.05) is 13.0 Å². The van der Waals surface area contributed by atoms with Crippen molar-refractivity contribution in [3.63, 3.8) is 0 Å². The van der Waals surface area contributed by atoms with Crippen LogP contribution in [0.5, 0.6) is 5.88 Å². The summed E-state index contributed by atoms with van der Waals surface area (Å²) in [7, 11) is 2.05. The average Bonchev–Trinajstić information content (AvgIpc) is 3.90. The second-order valence-electron chi connectivity index (χ2n) is 13.9. The third-order valence-corrected chi connectivity index (χ3v) is 12.0. The maximum absolute atomic E-state index is 17.4. The number of nitrogens with one attached hydrogen (secondary N) is 1. The number of likely N-dealkylation sites (tertiary alicyclic amines) is 1. The molecule has 6 heterocycles. The molecule has 4 aromatic rings. The van der Waals surface area contributed by atoms with Crippen LogP contribution in [0.3, 0.4) is 0 Å². The molecule has 0 spiro atoms. The van der Waals surface area contributed by atoms with E-state index in [9.17, 15) is 14.9 Å². The molecule has 1 saturated carbocycles.